The summed E-state index contributed by atoms with van der Waals surface area (Å²) in [6.45, 7) is -1.06. The molecule has 0 amide bonds. The van der Waals surface area contributed by atoms with Crippen molar-refractivity contribution in [2.24, 2.45) is 5.92 Å². The fourth-order valence-corrected chi connectivity index (χ4v) is 2.86. The lowest BCUT2D eigenvalue weighted by atomic mass is 10.0. The van der Waals surface area contributed by atoms with Crippen molar-refractivity contribution in [2.75, 3.05) is 6.61 Å². The van der Waals surface area contributed by atoms with Gasteiger partial charge in [0.2, 0.25) is 0 Å². The number of aromatic nitrogens is 2. The summed E-state index contributed by atoms with van der Waals surface area (Å²) in [5.41, 5.74) is -2.03. The zero-order valence-electron chi connectivity index (χ0n) is 11.0. The maximum Gasteiger partial charge on any atom is 0.328 e. The van der Waals surface area contributed by atoms with Crippen molar-refractivity contribution in [2.45, 2.75) is 24.2 Å². The van der Waals surface area contributed by atoms with Gasteiger partial charge in [0.05, 0.1) is 24.2 Å². The molecule has 4 atom stereocenters. The Morgan fingerprint density at radius 2 is 2.00 bits per heavy atom. The highest BCUT2D eigenvalue weighted by atomic mass is 79.9. The summed E-state index contributed by atoms with van der Waals surface area (Å²) in [6.07, 6.45) is -1.78. The second-order valence-corrected chi connectivity index (χ2v) is 5.46. The second-order valence-electron chi connectivity index (χ2n) is 4.93. The minimum Gasteiger partial charge on any atom is -0.396 e. The van der Waals surface area contributed by atoms with Gasteiger partial charge in [-0.25, -0.2) is 13.6 Å². The van der Waals surface area contributed by atoms with E-state index in [1.165, 1.54) is 11.1 Å². The third-order valence-electron chi connectivity index (χ3n) is 3.71. The first-order chi connectivity index (χ1) is 10.3. The first kappa shape index (κ1) is 17.0. The van der Waals surface area contributed by atoms with E-state index in [-0.39, 0.29) is 5.56 Å². The van der Waals surface area contributed by atoms with E-state index in [0.717, 1.165) is 6.20 Å². The molecular weight excluding hydrogens is 370 g/mol. The van der Waals surface area contributed by atoms with Crippen LogP contribution in [0.2, 0.25) is 0 Å². The first-order valence-electron chi connectivity index (χ1n) is 6.22. The summed E-state index contributed by atoms with van der Waals surface area (Å²) in [5, 5.41) is 28.5. The smallest absolute Gasteiger partial charge is 0.328 e. The van der Waals surface area contributed by atoms with Crippen LogP contribution in [0.15, 0.2) is 20.8 Å². The number of halogens is 3. The van der Waals surface area contributed by atoms with Gasteiger partial charge in [0, 0.05) is 6.20 Å². The van der Waals surface area contributed by atoms with Gasteiger partial charge in [-0.2, -0.15) is 0 Å². The lowest BCUT2D eigenvalue weighted by molar-refractivity contribution is -0.102. The summed E-state index contributed by atoms with van der Waals surface area (Å²) in [6, 6.07) is -2.11. The van der Waals surface area contributed by atoms with E-state index in [0.29, 0.717) is 4.57 Å². The molecular formula is C12H13BrF2N2O5. The van der Waals surface area contributed by atoms with Gasteiger partial charge >= 0.3 is 5.69 Å². The standard InChI is InChI=1S/C12H13BrF2N2O5/c13-2-1-5-3-17(11(22)16-10(5)21)9-8(20)7(19)6(4-18)12(9,14)15/h1-3,6-9,18-20H,4H2,(H,16,21,22)/t6-,7?,8?,9+/m1/s1. The lowest BCUT2D eigenvalue weighted by Gasteiger charge is -2.25. The zero-order chi connectivity index (χ0) is 16.7. The molecule has 10 heteroatoms. The molecule has 1 heterocycles. The Kier molecular flexibility index (Phi) is 4.66. The molecule has 2 rings (SSSR count). The number of nitrogens with zero attached hydrogens (tertiary/aromatic N) is 1. The Morgan fingerprint density at radius 1 is 1.36 bits per heavy atom. The van der Waals surface area contributed by atoms with Gasteiger partial charge in [-0.3, -0.25) is 14.3 Å². The topological polar surface area (TPSA) is 116 Å². The van der Waals surface area contributed by atoms with Gasteiger partial charge < -0.3 is 15.3 Å². The largest absolute Gasteiger partial charge is 0.396 e. The maximum atomic E-state index is 14.3. The molecule has 1 aromatic rings. The number of aliphatic hydroxyl groups is 3. The average Bonchev–Trinajstić information content (AvgIpc) is 2.60. The van der Waals surface area contributed by atoms with Gasteiger partial charge in [-0.05, 0) is 11.1 Å². The molecule has 1 aliphatic carbocycles. The third kappa shape index (κ3) is 2.56. The first-order valence-corrected chi connectivity index (χ1v) is 7.14. The number of alkyl halides is 2. The number of rotatable bonds is 3. The van der Waals surface area contributed by atoms with Crippen LogP contribution >= 0.6 is 15.9 Å². The maximum absolute atomic E-state index is 14.3. The molecule has 0 aromatic carbocycles. The Morgan fingerprint density at radius 3 is 2.50 bits per heavy atom. The van der Waals surface area contributed by atoms with Gasteiger partial charge in [-0.1, -0.05) is 15.9 Å². The fourth-order valence-electron chi connectivity index (χ4n) is 2.57. The summed E-state index contributed by atoms with van der Waals surface area (Å²) < 4.78 is 29.1. The van der Waals surface area contributed by atoms with Crippen molar-refractivity contribution < 1.29 is 24.1 Å². The number of aliphatic hydroxyl groups excluding tert-OH is 3. The van der Waals surface area contributed by atoms with Gasteiger partial charge in [0.1, 0.15) is 12.1 Å². The summed E-state index contributed by atoms with van der Waals surface area (Å²) in [5.74, 6) is -5.66. The molecule has 1 fully saturated rings. The van der Waals surface area contributed by atoms with Crippen LogP contribution in [0, 0.1) is 5.92 Å². The Balaban J connectivity index is 2.63. The summed E-state index contributed by atoms with van der Waals surface area (Å²) in [7, 11) is 0. The van der Waals surface area contributed by atoms with Crippen LogP contribution in [0.5, 0.6) is 0 Å². The van der Waals surface area contributed by atoms with E-state index in [2.05, 4.69) is 15.9 Å². The summed E-state index contributed by atoms with van der Waals surface area (Å²) >= 11 is 2.92. The van der Waals surface area contributed by atoms with Crippen LogP contribution in [0.3, 0.4) is 0 Å². The van der Waals surface area contributed by atoms with Crippen molar-refractivity contribution in [3.05, 3.63) is 37.6 Å². The highest BCUT2D eigenvalue weighted by Gasteiger charge is 2.63. The molecule has 0 spiro atoms. The van der Waals surface area contributed by atoms with Crippen molar-refractivity contribution in [1.82, 2.24) is 9.55 Å². The Bertz CT molecular complexity index is 701. The Hall–Kier alpha value is -1.36. The Labute approximate surface area is 130 Å². The van der Waals surface area contributed by atoms with Crippen LogP contribution in [-0.2, 0) is 0 Å². The van der Waals surface area contributed by atoms with Gasteiger partial charge in [-0.15, -0.1) is 0 Å². The predicted octanol–water partition coefficient (Wildman–Crippen LogP) is -0.577. The molecule has 122 valence electrons. The van der Waals surface area contributed by atoms with Gasteiger partial charge in [0.15, 0.2) is 0 Å². The third-order valence-corrected chi connectivity index (χ3v) is 3.97. The molecule has 1 aromatic heterocycles. The number of nitrogens with one attached hydrogen (secondary N) is 1. The van der Waals surface area contributed by atoms with E-state index >= 15 is 0 Å². The quantitative estimate of drug-likeness (QED) is 0.558. The van der Waals surface area contributed by atoms with Crippen molar-refractivity contribution >= 4 is 22.0 Å². The molecule has 2 unspecified atom stereocenters. The monoisotopic (exact) mass is 382 g/mol. The normalized spacial score (nSPS) is 31.0. The molecule has 0 radical (unpaired) electrons. The molecule has 0 aliphatic heterocycles. The van der Waals surface area contributed by atoms with Crippen molar-refractivity contribution in [3.63, 3.8) is 0 Å². The van der Waals surface area contributed by atoms with E-state index in [1.54, 1.807) is 0 Å². The molecule has 1 aliphatic rings. The van der Waals surface area contributed by atoms with Crippen molar-refractivity contribution in [3.8, 4) is 0 Å². The highest BCUT2D eigenvalue weighted by Crippen LogP contribution is 2.47. The number of aromatic amines is 1. The number of H-pyrrole nitrogens is 1. The van der Waals surface area contributed by atoms with E-state index < -0.39 is 47.9 Å². The highest BCUT2D eigenvalue weighted by molar-refractivity contribution is 9.11. The molecule has 1 saturated carbocycles. The van der Waals surface area contributed by atoms with Crippen LogP contribution < -0.4 is 11.2 Å². The summed E-state index contributed by atoms with van der Waals surface area (Å²) in [4.78, 5) is 26.5. The SMILES string of the molecule is O=c1[nH]c(=O)n([C@H]2C(O)C(O)[C@@H](CO)C2(F)F)cc1C=CBr. The van der Waals surface area contributed by atoms with E-state index in [4.69, 9.17) is 5.11 Å². The van der Waals surface area contributed by atoms with Crippen LogP contribution in [0.4, 0.5) is 8.78 Å². The zero-order valence-corrected chi connectivity index (χ0v) is 12.6. The number of hydrogen-bond donors (Lipinski definition) is 4. The van der Waals surface area contributed by atoms with Crippen molar-refractivity contribution in [1.29, 1.82) is 0 Å². The second kappa shape index (κ2) is 6.03. The number of hydrogen-bond acceptors (Lipinski definition) is 5. The van der Waals surface area contributed by atoms with Crippen LogP contribution in [-0.4, -0.2) is 49.6 Å². The average molecular weight is 383 g/mol. The van der Waals surface area contributed by atoms with E-state index in [1.807, 2.05) is 4.98 Å². The predicted molar refractivity (Wildman–Crippen MR) is 75.9 cm³/mol. The molecule has 4 N–H and O–H groups in total. The molecule has 7 nitrogen and oxygen atoms in total. The fraction of sp³-hybridized carbons (Fsp3) is 0.500. The van der Waals surface area contributed by atoms with Gasteiger partial charge in [0.25, 0.3) is 11.5 Å². The molecule has 0 saturated heterocycles. The minimum atomic E-state index is -3.75. The lowest BCUT2D eigenvalue weighted by Crippen LogP contribution is -2.43. The molecule has 0 bridgehead atoms. The van der Waals surface area contributed by atoms with Crippen LogP contribution in [0.1, 0.15) is 11.6 Å². The minimum absolute atomic E-state index is 0.0959. The van der Waals surface area contributed by atoms with Crippen LogP contribution in [0.25, 0.3) is 6.08 Å². The van der Waals surface area contributed by atoms with E-state index in [9.17, 15) is 28.6 Å². The molecule has 22 heavy (non-hydrogen) atoms.